The lowest BCUT2D eigenvalue weighted by Gasteiger charge is -2.18. The molecule has 0 aliphatic carbocycles. The predicted octanol–water partition coefficient (Wildman–Crippen LogP) is 5.06. The van der Waals surface area contributed by atoms with E-state index in [0.717, 1.165) is 17.8 Å². The number of alkyl halides is 3. The van der Waals surface area contributed by atoms with Gasteiger partial charge in [0.2, 0.25) is 5.88 Å². The topological polar surface area (TPSA) is 64.5 Å². The van der Waals surface area contributed by atoms with Gasteiger partial charge >= 0.3 is 12.1 Å². The van der Waals surface area contributed by atoms with Crippen LogP contribution in [0.3, 0.4) is 0 Å². The first-order valence-corrected chi connectivity index (χ1v) is 10.8. The molecular weight excluding hydrogens is 443 g/mol. The number of ether oxygens (including phenoxy) is 2. The third-order valence-corrected chi connectivity index (χ3v) is 6.05. The zero-order chi connectivity index (χ0) is 22.7. The van der Waals surface area contributed by atoms with Gasteiger partial charge < -0.3 is 14.4 Å². The summed E-state index contributed by atoms with van der Waals surface area (Å²) in [5.41, 5.74) is 0.328. The van der Waals surface area contributed by atoms with E-state index in [-0.39, 0.29) is 24.3 Å². The third-order valence-electron chi connectivity index (χ3n) is 4.88. The van der Waals surface area contributed by atoms with Crippen molar-refractivity contribution in [3.8, 4) is 16.5 Å². The Morgan fingerprint density at radius 3 is 2.66 bits per heavy atom. The zero-order valence-corrected chi connectivity index (χ0v) is 17.9. The summed E-state index contributed by atoms with van der Waals surface area (Å²) < 4.78 is 49.1. The number of thiazole rings is 1. The SMILES string of the molecule is CCOC(=O)c1nc(-c2ccccc2)sc1N1CC[C@H](Oc2ccc(C(F)(F)F)cn2)C1. The molecule has 0 spiro atoms. The van der Waals surface area contributed by atoms with Crippen molar-refractivity contribution in [1.82, 2.24) is 9.97 Å². The summed E-state index contributed by atoms with van der Waals surface area (Å²) in [6, 6.07) is 11.7. The van der Waals surface area contributed by atoms with Crippen molar-refractivity contribution < 1.29 is 27.4 Å². The maximum absolute atomic E-state index is 12.7. The summed E-state index contributed by atoms with van der Waals surface area (Å²) in [6.07, 6.45) is -3.33. The van der Waals surface area contributed by atoms with Gasteiger partial charge in [0.15, 0.2) is 5.69 Å². The number of rotatable bonds is 6. The van der Waals surface area contributed by atoms with Gasteiger partial charge in [-0.2, -0.15) is 13.2 Å². The maximum Gasteiger partial charge on any atom is 0.417 e. The molecule has 6 nitrogen and oxygen atoms in total. The Balaban J connectivity index is 1.51. The zero-order valence-electron chi connectivity index (χ0n) is 17.1. The van der Waals surface area contributed by atoms with Crippen LogP contribution >= 0.6 is 11.3 Å². The summed E-state index contributed by atoms with van der Waals surface area (Å²) in [4.78, 5) is 22.8. The predicted molar refractivity (Wildman–Crippen MR) is 114 cm³/mol. The largest absolute Gasteiger partial charge is 0.472 e. The lowest BCUT2D eigenvalue weighted by Crippen LogP contribution is -2.25. The number of carbonyl (C=O) groups excluding carboxylic acids is 1. The quantitative estimate of drug-likeness (QED) is 0.477. The van der Waals surface area contributed by atoms with E-state index >= 15 is 0 Å². The molecule has 4 rings (SSSR count). The Labute approximate surface area is 186 Å². The third kappa shape index (κ3) is 4.85. The number of pyridine rings is 1. The molecule has 2 aromatic heterocycles. The Bertz CT molecular complexity index is 1070. The second-order valence-electron chi connectivity index (χ2n) is 7.12. The molecule has 32 heavy (non-hydrogen) atoms. The van der Waals surface area contributed by atoms with Gasteiger partial charge in [-0.05, 0) is 13.0 Å². The van der Waals surface area contributed by atoms with E-state index in [1.165, 1.54) is 17.4 Å². The molecule has 0 radical (unpaired) electrons. The van der Waals surface area contributed by atoms with Crippen LogP contribution in [0.4, 0.5) is 18.2 Å². The van der Waals surface area contributed by atoms with Crippen molar-refractivity contribution in [1.29, 1.82) is 0 Å². The normalized spacial score (nSPS) is 16.2. The Morgan fingerprint density at radius 1 is 1.22 bits per heavy atom. The lowest BCUT2D eigenvalue weighted by molar-refractivity contribution is -0.137. The Hall–Kier alpha value is -3.14. The number of carbonyl (C=O) groups is 1. The first-order chi connectivity index (χ1) is 15.3. The minimum atomic E-state index is -4.44. The van der Waals surface area contributed by atoms with Crippen molar-refractivity contribution in [3.05, 3.63) is 59.9 Å². The van der Waals surface area contributed by atoms with Gasteiger partial charge in [0.1, 0.15) is 16.1 Å². The number of nitrogens with zero attached hydrogens (tertiary/aromatic N) is 3. The van der Waals surface area contributed by atoms with Crippen molar-refractivity contribution in [3.63, 3.8) is 0 Å². The smallest absolute Gasteiger partial charge is 0.417 e. The van der Waals surface area contributed by atoms with E-state index in [1.807, 2.05) is 35.2 Å². The first-order valence-electron chi connectivity index (χ1n) is 10.0. The summed E-state index contributed by atoms with van der Waals surface area (Å²) in [7, 11) is 0. The standard InChI is InChI=1S/C22H20F3N3O3S/c1-2-30-21(29)18-20(32-19(27-18)14-6-4-3-5-7-14)28-11-10-16(13-28)31-17-9-8-15(12-26-17)22(23,24)25/h3-9,12,16H,2,10-11,13H2,1H3/t16-/m0/s1. The highest BCUT2D eigenvalue weighted by molar-refractivity contribution is 7.19. The number of aromatic nitrogens is 2. The summed E-state index contributed by atoms with van der Waals surface area (Å²) in [6.45, 7) is 3.03. The number of halogens is 3. The molecule has 0 saturated carbocycles. The van der Waals surface area contributed by atoms with E-state index < -0.39 is 17.7 Å². The van der Waals surface area contributed by atoms with E-state index in [4.69, 9.17) is 9.47 Å². The van der Waals surface area contributed by atoms with Crippen LogP contribution in [0.25, 0.3) is 10.6 Å². The monoisotopic (exact) mass is 463 g/mol. The van der Waals surface area contributed by atoms with Gasteiger partial charge in [0, 0.05) is 30.8 Å². The molecule has 3 heterocycles. The second kappa shape index (κ2) is 9.15. The van der Waals surface area contributed by atoms with Crippen molar-refractivity contribution in [2.45, 2.75) is 25.6 Å². The van der Waals surface area contributed by atoms with E-state index in [9.17, 15) is 18.0 Å². The molecular formula is C22H20F3N3O3S. The van der Waals surface area contributed by atoms with Gasteiger partial charge in [-0.25, -0.2) is 14.8 Å². The van der Waals surface area contributed by atoms with Crippen LogP contribution in [-0.4, -0.2) is 41.7 Å². The maximum atomic E-state index is 12.7. The van der Waals surface area contributed by atoms with Crippen LogP contribution in [0.5, 0.6) is 5.88 Å². The van der Waals surface area contributed by atoms with Gasteiger partial charge in [0.05, 0.1) is 18.7 Å². The fraction of sp³-hybridized carbons (Fsp3) is 0.318. The van der Waals surface area contributed by atoms with Crippen LogP contribution in [0.1, 0.15) is 29.4 Å². The number of benzene rings is 1. The fourth-order valence-corrected chi connectivity index (χ4v) is 4.45. The molecule has 0 N–H and O–H groups in total. The van der Waals surface area contributed by atoms with E-state index in [1.54, 1.807) is 6.92 Å². The molecule has 1 aromatic carbocycles. The van der Waals surface area contributed by atoms with Gasteiger partial charge in [-0.1, -0.05) is 41.7 Å². The molecule has 0 bridgehead atoms. The molecule has 0 unspecified atom stereocenters. The molecule has 0 amide bonds. The molecule has 1 aliphatic heterocycles. The Kier molecular flexibility index (Phi) is 6.31. The van der Waals surface area contributed by atoms with E-state index in [2.05, 4.69) is 9.97 Å². The highest BCUT2D eigenvalue weighted by atomic mass is 32.1. The van der Waals surface area contributed by atoms with Crippen molar-refractivity contribution >= 4 is 22.3 Å². The molecule has 10 heteroatoms. The number of esters is 1. The number of hydrogen-bond donors (Lipinski definition) is 0. The summed E-state index contributed by atoms with van der Waals surface area (Å²) >= 11 is 1.39. The molecule has 3 aromatic rings. The number of hydrogen-bond acceptors (Lipinski definition) is 7. The molecule has 1 atom stereocenters. The van der Waals surface area contributed by atoms with Crippen molar-refractivity contribution in [2.24, 2.45) is 0 Å². The van der Waals surface area contributed by atoms with Gasteiger partial charge in [-0.15, -0.1) is 0 Å². The van der Waals surface area contributed by atoms with E-state index in [0.29, 0.717) is 29.5 Å². The minimum Gasteiger partial charge on any atom is -0.472 e. The molecule has 1 fully saturated rings. The van der Waals surface area contributed by atoms with Crippen LogP contribution in [0.2, 0.25) is 0 Å². The number of anilines is 1. The highest BCUT2D eigenvalue weighted by Crippen LogP contribution is 2.37. The molecule has 168 valence electrons. The van der Waals surface area contributed by atoms with Crippen molar-refractivity contribution in [2.75, 3.05) is 24.6 Å². The van der Waals surface area contributed by atoms with Crippen LogP contribution in [0.15, 0.2) is 48.7 Å². The van der Waals surface area contributed by atoms with Crippen LogP contribution in [0, 0.1) is 0 Å². The molecule has 1 saturated heterocycles. The average Bonchev–Trinajstić information content (AvgIpc) is 3.41. The van der Waals surface area contributed by atoms with Gasteiger partial charge in [0.25, 0.3) is 0 Å². The summed E-state index contributed by atoms with van der Waals surface area (Å²) in [5, 5.41) is 1.39. The van der Waals surface area contributed by atoms with Crippen LogP contribution in [-0.2, 0) is 10.9 Å². The first kappa shape index (κ1) is 22.1. The summed E-state index contributed by atoms with van der Waals surface area (Å²) in [5.74, 6) is -0.362. The lowest BCUT2D eigenvalue weighted by atomic mass is 10.2. The Morgan fingerprint density at radius 2 is 2.00 bits per heavy atom. The van der Waals surface area contributed by atoms with Gasteiger partial charge in [-0.3, -0.25) is 0 Å². The molecule has 1 aliphatic rings. The second-order valence-corrected chi connectivity index (χ2v) is 8.09. The average molecular weight is 463 g/mol. The van der Waals surface area contributed by atoms with Crippen LogP contribution < -0.4 is 9.64 Å². The fourth-order valence-electron chi connectivity index (χ4n) is 3.36. The minimum absolute atomic E-state index is 0.129. The highest BCUT2D eigenvalue weighted by Gasteiger charge is 2.33.